The van der Waals surface area contributed by atoms with Crippen LogP contribution in [-0.2, 0) is 6.54 Å². The van der Waals surface area contributed by atoms with Gasteiger partial charge in [-0.3, -0.25) is 0 Å². The number of rotatable bonds is 4. The molecular weight excluding hydrogens is 280 g/mol. The number of halogens is 1. The number of hydrogen-bond acceptors (Lipinski definition) is 3. The molecule has 0 saturated carbocycles. The quantitative estimate of drug-likeness (QED) is 0.936. The Morgan fingerprint density at radius 3 is 2.88 bits per heavy atom. The topological polar surface area (TPSA) is 38.1 Å². The maximum Gasteiger partial charge on any atom is 0.150 e. The van der Waals surface area contributed by atoms with Crippen molar-refractivity contribution in [1.29, 1.82) is 0 Å². The number of benzene rings is 1. The molecule has 0 spiro atoms. The van der Waals surface area contributed by atoms with E-state index in [9.17, 15) is 0 Å². The number of nitrogens with zero attached hydrogens (tertiary/aromatic N) is 1. The molecule has 1 atom stereocenters. The van der Waals surface area contributed by atoms with Crippen LogP contribution in [0.15, 0.2) is 39.3 Å². The molecule has 17 heavy (non-hydrogen) atoms. The van der Waals surface area contributed by atoms with Crippen LogP contribution in [0.3, 0.4) is 0 Å². The summed E-state index contributed by atoms with van der Waals surface area (Å²) in [7, 11) is 0. The molecule has 4 heteroatoms. The summed E-state index contributed by atoms with van der Waals surface area (Å²) in [5, 5.41) is 7.26. The van der Waals surface area contributed by atoms with Gasteiger partial charge in [0.2, 0.25) is 0 Å². The van der Waals surface area contributed by atoms with E-state index in [4.69, 9.17) is 4.52 Å². The number of aromatic nitrogens is 1. The summed E-state index contributed by atoms with van der Waals surface area (Å²) in [6.45, 7) is 4.74. The molecule has 1 aromatic heterocycles. The van der Waals surface area contributed by atoms with Gasteiger partial charge in [0.25, 0.3) is 0 Å². The van der Waals surface area contributed by atoms with Crippen LogP contribution in [0.2, 0.25) is 0 Å². The van der Waals surface area contributed by atoms with Crippen molar-refractivity contribution in [2.24, 2.45) is 0 Å². The minimum atomic E-state index is 0.276. The number of nitrogens with one attached hydrogen (secondary N) is 1. The van der Waals surface area contributed by atoms with Crippen molar-refractivity contribution < 1.29 is 4.52 Å². The van der Waals surface area contributed by atoms with Gasteiger partial charge >= 0.3 is 0 Å². The standard InChI is InChI=1S/C13H15BrN2O/c1-9-6-13(17-16-9)8-15-10(2)11-4-3-5-12(14)7-11/h3-7,10,15H,8H2,1-2H3. The van der Waals surface area contributed by atoms with Gasteiger partial charge in [0.05, 0.1) is 12.2 Å². The van der Waals surface area contributed by atoms with Crippen molar-refractivity contribution in [1.82, 2.24) is 10.5 Å². The molecule has 0 radical (unpaired) electrons. The van der Waals surface area contributed by atoms with Crippen LogP contribution in [0, 0.1) is 6.92 Å². The SMILES string of the molecule is Cc1cc(CNC(C)c2cccc(Br)c2)on1. The molecule has 0 aliphatic carbocycles. The molecule has 0 amide bonds. The first-order valence-corrected chi connectivity index (χ1v) is 6.35. The van der Waals surface area contributed by atoms with Crippen molar-refractivity contribution in [3.8, 4) is 0 Å². The van der Waals surface area contributed by atoms with Crippen LogP contribution in [0.4, 0.5) is 0 Å². The van der Waals surface area contributed by atoms with E-state index in [0.29, 0.717) is 6.54 Å². The monoisotopic (exact) mass is 294 g/mol. The first kappa shape index (κ1) is 12.3. The molecule has 0 aliphatic rings. The minimum absolute atomic E-state index is 0.276. The predicted molar refractivity (Wildman–Crippen MR) is 70.6 cm³/mol. The van der Waals surface area contributed by atoms with E-state index in [1.807, 2.05) is 25.1 Å². The molecular formula is C13H15BrN2O. The lowest BCUT2D eigenvalue weighted by molar-refractivity contribution is 0.363. The molecule has 1 N–H and O–H groups in total. The van der Waals surface area contributed by atoms with Gasteiger partial charge in [-0.05, 0) is 31.5 Å². The van der Waals surface area contributed by atoms with E-state index in [1.165, 1.54) is 5.56 Å². The molecule has 0 fully saturated rings. The first-order chi connectivity index (χ1) is 8.15. The van der Waals surface area contributed by atoms with Gasteiger partial charge in [-0.2, -0.15) is 0 Å². The van der Waals surface area contributed by atoms with Gasteiger partial charge in [0, 0.05) is 16.6 Å². The smallest absolute Gasteiger partial charge is 0.150 e. The van der Waals surface area contributed by atoms with E-state index < -0.39 is 0 Å². The summed E-state index contributed by atoms with van der Waals surface area (Å²) in [5.74, 6) is 0.865. The Morgan fingerprint density at radius 1 is 1.41 bits per heavy atom. The van der Waals surface area contributed by atoms with Crippen molar-refractivity contribution in [2.75, 3.05) is 0 Å². The summed E-state index contributed by atoms with van der Waals surface area (Å²) in [5.41, 5.74) is 2.16. The maximum atomic E-state index is 5.15. The highest BCUT2D eigenvalue weighted by molar-refractivity contribution is 9.10. The van der Waals surface area contributed by atoms with Crippen molar-refractivity contribution >= 4 is 15.9 Å². The molecule has 90 valence electrons. The summed E-state index contributed by atoms with van der Waals surface area (Å²) >= 11 is 3.47. The zero-order chi connectivity index (χ0) is 12.3. The molecule has 1 heterocycles. The van der Waals surface area contributed by atoms with Crippen LogP contribution in [0.25, 0.3) is 0 Å². The molecule has 1 aromatic carbocycles. The Kier molecular flexibility index (Phi) is 3.97. The zero-order valence-electron chi connectivity index (χ0n) is 9.90. The van der Waals surface area contributed by atoms with Gasteiger partial charge in [-0.25, -0.2) is 0 Å². The summed E-state index contributed by atoms with van der Waals surface area (Å²) in [6, 6.07) is 10.5. The lowest BCUT2D eigenvalue weighted by atomic mass is 10.1. The first-order valence-electron chi connectivity index (χ1n) is 5.56. The fourth-order valence-electron chi connectivity index (χ4n) is 1.65. The van der Waals surface area contributed by atoms with Gasteiger partial charge in [0.1, 0.15) is 0 Å². The predicted octanol–water partition coefficient (Wildman–Crippen LogP) is 3.60. The lowest BCUT2D eigenvalue weighted by Crippen LogP contribution is -2.17. The Balaban J connectivity index is 1.95. The summed E-state index contributed by atoms with van der Waals surface area (Å²) in [4.78, 5) is 0. The Bertz CT molecular complexity index is 496. The third kappa shape index (κ3) is 3.41. The molecule has 2 rings (SSSR count). The fourth-order valence-corrected chi connectivity index (χ4v) is 2.06. The highest BCUT2D eigenvalue weighted by atomic mass is 79.9. The van der Waals surface area contributed by atoms with Crippen LogP contribution in [0.5, 0.6) is 0 Å². The molecule has 3 nitrogen and oxygen atoms in total. The van der Waals surface area contributed by atoms with Gasteiger partial charge in [-0.1, -0.05) is 33.2 Å². The van der Waals surface area contributed by atoms with Crippen LogP contribution in [0.1, 0.15) is 30.0 Å². The molecule has 1 unspecified atom stereocenters. The maximum absolute atomic E-state index is 5.15. The molecule has 0 bridgehead atoms. The molecule has 0 aliphatic heterocycles. The Hall–Kier alpha value is -1.13. The third-order valence-electron chi connectivity index (χ3n) is 2.61. The van der Waals surface area contributed by atoms with Crippen molar-refractivity contribution in [3.63, 3.8) is 0 Å². The second kappa shape index (κ2) is 5.47. The van der Waals surface area contributed by atoms with E-state index >= 15 is 0 Å². The van der Waals surface area contributed by atoms with Crippen LogP contribution >= 0.6 is 15.9 Å². The van der Waals surface area contributed by atoms with E-state index in [-0.39, 0.29) is 6.04 Å². The van der Waals surface area contributed by atoms with Crippen molar-refractivity contribution in [2.45, 2.75) is 26.4 Å². The highest BCUT2D eigenvalue weighted by Crippen LogP contribution is 2.18. The fraction of sp³-hybridized carbons (Fsp3) is 0.308. The van der Waals surface area contributed by atoms with Crippen LogP contribution < -0.4 is 5.32 Å². The largest absolute Gasteiger partial charge is 0.360 e. The average Bonchev–Trinajstić information content (AvgIpc) is 2.72. The van der Waals surface area contributed by atoms with Gasteiger partial charge < -0.3 is 9.84 Å². The van der Waals surface area contributed by atoms with E-state index in [0.717, 1.165) is 15.9 Å². The average molecular weight is 295 g/mol. The lowest BCUT2D eigenvalue weighted by Gasteiger charge is -2.13. The second-order valence-electron chi connectivity index (χ2n) is 4.09. The van der Waals surface area contributed by atoms with Gasteiger partial charge in [0.15, 0.2) is 5.76 Å². The minimum Gasteiger partial charge on any atom is -0.360 e. The highest BCUT2D eigenvalue weighted by Gasteiger charge is 2.07. The summed E-state index contributed by atoms with van der Waals surface area (Å²) < 4.78 is 6.25. The normalized spacial score (nSPS) is 12.6. The number of aryl methyl sites for hydroxylation is 1. The summed E-state index contributed by atoms with van der Waals surface area (Å²) in [6.07, 6.45) is 0. The second-order valence-corrected chi connectivity index (χ2v) is 5.01. The number of hydrogen-bond donors (Lipinski definition) is 1. The zero-order valence-corrected chi connectivity index (χ0v) is 11.5. The van der Waals surface area contributed by atoms with E-state index in [1.54, 1.807) is 0 Å². The molecule has 0 saturated heterocycles. The van der Waals surface area contributed by atoms with Crippen LogP contribution in [-0.4, -0.2) is 5.16 Å². The Morgan fingerprint density at radius 2 is 2.24 bits per heavy atom. The molecule has 2 aromatic rings. The van der Waals surface area contributed by atoms with E-state index in [2.05, 4.69) is 45.5 Å². The van der Waals surface area contributed by atoms with Crippen molar-refractivity contribution in [3.05, 3.63) is 51.8 Å². The Labute approximate surface area is 109 Å². The third-order valence-corrected chi connectivity index (χ3v) is 3.10. The van der Waals surface area contributed by atoms with Gasteiger partial charge in [-0.15, -0.1) is 0 Å².